The number of carboxylic acids is 1. The van der Waals surface area contributed by atoms with Gasteiger partial charge in [-0.05, 0) is 25.3 Å². The molecule has 2 amide bonds. The van der Waals surface area contributed by atoms with E-state index in [1.807, 2.05) is 6.92 Å². The third-order valence-corrected chi connectivity index (χ3v) is 2.95. The standard InChI is InChI=1S/C13H17N3O3/c1-2-5-16(11-3-4-11)13(19)15-10-6-9(12(17)18)7-14-8-10/h6-8,11H,2-5H2,1H3,(H,15,19)(H,17,18). The van der Waals surface area contributed by atoms with Crippen LogP contribution in [0.15, 0.2) is 18.5 Å². The molecule has 0 aromatic carbocycles. The number of rotatable bonds is 5. The first kappa shape index (κ1) is 13.3. The van der Waals surface area contributed by atoms with Gasteiger partial charge in [0, 0.05) is 18.8 Å². The summed E-state index contributed by atoms with van der Waals surface area (Å²) in [5.74, 6) is -1.06. The summed E-state index contributed by atoms with van der Waals surface area (Å²) in [6.45, 7) is 2.73. The lowest BCUT2D eigenvalue weighted by atomic mass is 10.2. The van der Waals surface area contributed by atoms with Gasteiger partial charge in [0.15, 0.2) is 0 Å². The Hall–Kier alpha value is -2.11. The highest BCUT2D eigenvalue weighted by Crippen LogP contribution is 2.27. The fourth-order valence-electron chi connectivity index (χ4n) is 1.90. The quantitative estimate of drug-likeness (QED) is 0.853. The Kier molecular flexibility index (Phi) is 3.99. The highest BCUT2D eigenvalue weighted by Gasteiger charge is 2.31. The van der Waals surface area contributed by atoms with Crippen LogP contribution in [0.5, 0.6) is 0 Å². The molecule has 1 heterocycles. The van der Waals surface area contributed by atoms with E-state index in [2.05, 4.69) is 10.3 Å². The number of carbonyl (C=O) groups excluding carboxylic acids is 1. The van der Waals surface area contributed by atoms with Gasteiger partial charge in [0.25, 0.3) is 0 Å². The zero-order chi connectivity index (χ0) is 13.8. The summed E-state index contributed by atoms with van der Waals surface area (Å²) in [6, 6.07) is 1.55. The van der Waals surface area contributed by atoms with Gasteiger partial charge >= 0.3 is 12.0 Å². The van der Waals surface area contributed by atoms with Crippen LogP contribution in [0.2, 0.25) is 0 Å². The van der Waals surface area contributed by atoms with Crippen LogP contribution in [0.1, 0.15) is 36.5 Å². The molecule has 0 aliphatic heterocycles. The van der Waals surface area contributed by atoms with Gasteiger partial charge < -0.3 is 15.3 Å². The molecule has 0 saturated heterocycles. The van der Waals surface area contributed by atoms with Crippen molar-refractivity contribution in [1.29, 1.82) is 0 Å². The molecule has 1 aliphatic carbocycles. The van der Waals surface area contributed by atoms with Crippen LogP contribution in [-0.4, -0.2) is 39.6 Å². The number of hydrogen-bond acceptors (Lipinski definition) is 3. The fourth-order valence-corrected chi connectivity index (χ4v) is 1.90. The number of carbonyl (C=O) groups is 2. The van der Waals surface area contributed by atoms with E-state index >= 15 is 0 Å². The molecule has 0 spiro atoms. The summed E-state index contributed by atoms with van der Waals surface area (Å²) in [5, 5.41) is 11.6. The molecular weight excluding hydrogens is 246 g/mol. The van der Waals surface area contributed by atoms with Gasteiger partial charge in [-0.15, -0.1) is 0 Å². The SMILES string of the molecule is CCCN(C(=O)Nc1cncc(C(=O)O)c1)C1CC1. The lowest BCUT2D eigenvalue weighted by Crippen LogP contribution is -2.37. The number of amides is 2. The smallest absolute Gasteiger partial charge is 0.337 e. The third-order valence-electron chi connectivity index (χ3n) is 2.95. The molecule has 0 bridgehead atoms. The molecule has 1 saturated carbocycles. The number of hydrogen-bond donors (Lipinski definition) is 2. The predicted octanol–water partition coefficient (Wildman–Crippen LogP) is 2.19. The molecular formula is C13H17N3O3. The number of pyridine rings is 1. The molecule has 2 N–H and O–H groups in total. The molecule has 6 heteroatoms. The average molecular weight is 263 g/mol. The van der Waals surface area contributed by atoms with Gasteiger partial charge in [-0.3, -0.25) is 4.98 Å². The maximum absolute atomic E-state index is 12.1. The maximum atomic E-state index is 12.1. The van der Waals surface area contributed by atoms with Gasteiger partial charge in [-0.1, -0.05) is 6.92 Å². The van der Waals surface area contributed by atoms with Crippen molar-refractivity contribution in [3.63, 3.8) is 0 Å². The van der Waals surface area contributed by atoms with Gasteiger partial charge in [0.05, 0.1) is 17.4 Å². The van der Waals surface area contributed by atoms with Crippen molar-refractivity contribution < 1.29 is 14.7 Å². The molecule has 1 aromatic rings. The largest absolute Gasteiger partial charge is 0.478 e. The molecule has 0 atom stereocenters. The number of nitrogens with zero attached hydrogens (tertiary/aromatic N) is 2. The van der Waals surface area contributed by atoms with Crippen molar-refractivity contribution in [3.8, 4) is 0 Å². The highest BCUT2D eigenvalue weighted by atomic mass is 16.4. The van der Waals surface area contributed by atoms with Crippen molar-refractivity contribution in [1.82, 2.24) is 9.88 Å². The van der Waals surface area contributed by atoms with E-state index in [4.69, 9.17) is 5.11 Å². The molecule has 0 unspecified atom stereocenters. The second kappa shape index (κ2) is 5.69. The average Bonchev–Trinajstić information content (AvgIpc) is 3.20. The van der Waals surface area contributed by atoms with Crippen LogP contribution in [0.3, 0.4) is 0 Å². The lowest BCUT2D eigenvalue weighted by molar-refractivity contribution is 0.0696. The minimum absolute atomic E-state index is 0.0614. The topological polar surface area (TPSA) is 82.5 Å². The van der Waals surface area contributed by atoms with Crippen molar-refractivity contribution in [2.75, 3.05) is 11.9 Å². The second-order valence-electron chi connectivity index (χ2n) is 4.62. The van der Waals surface area contributed by atoms with Crippen LogP contribution in [-0.2, 0) is 0 Å². The molecule has 1 fully saturated rings. The van der Waals surface area contributed by atoms with Crippen molar-refractivity contribution in [3.05, 3.63) is 24.0 Å². The van der Waals surface area contributed by atoms with Gasteiger partial charge in [-0.2, -0.15) is 0 Å². The predicted molar refractivity (Wildman–Crippen MR) is 70.2 cm³/mol. The molecule has 0 radical (unpaired) electrons. The Morgan fingerprint density at radius 2 is 2.21 bits per heavy atom. The Morgan fingerprint density at radius 3 is 2.79 bits per heavy atom. The number of nitrogens with one attached hydrogen (secondary N) is 1. The Bertz CT molecular complexity index is 486. The van der Waals surface area contributed by atoms with Crippen LogP contribution >= 0.6 is 0 Å². The minimum Gasteiger partial charge on any atom is -0.478 e. The van der Waals surface area contributed by atoms with E-state index in [-0.39, 0.29) is 11.6 Å². The number of aromatic carboxylic acids is 1. The number of carboxylic acid groups (broad SMARTS) is 1. The summed E-state index contributed by atoms with van der Waals surface area (Å²) in [5.41, 5.74) is 0.470. The summed E-state index contributed by atoms with van der Waals surface area (Å²) in [7, 11) is 0. The van der Waals surface area contributed by atoms with Gasteiger partial charge in [-0.25, -0.2) is 9.59 Å². The summed E-state index contributed by atoms with van der Waals surface area (Å²) >= 11 is 0. The van der Waals surface area contributed by atoms with Gasteiger partial charge in [0.1, 0.15) is 0 Å². The van der Waals surface area contributed by atoms with Crippen molar-refractivity contribution >= 4 is 17.7 Å². The van der Waals surface area contributed by atoms with Crippen LogP contribution in [0.25, 0.3) is 0 Å². The van der Waals surface area contributed by atoms with E-state index < -0.39 is 5.97 Å². The molecule has 1 aliphatic rings. The molecule has 6 nitrogen and oxygen atoms in total. The zero-order valence-corrected chi connectivity index (χ0v) is 10.8. The maximum Gasteiger partial charge on any atom is 0.337 e. The van der Waals surface area contributed by atoms with Gasteiger partial charge in [0.2, 0.25) is 0 Å². The first-order chi connectivity index (χ1) is 9.11. The zero-order valence-electron chi connectivity index (χ0n) is 10.8. The van der Waals surface area contributed by atoms with Crippen molar-refractivity contribution in [2.45, 2.75) is 32.2 Å². The highest BCUT2D eigenvalue weighted by molar-refractivity contribution is 5.92. The van der Waals surface area contributed by atoms with E-state index in [1.165, 1.54) is 18.5 Å². The van der Waals surface area contributed by atoms with Crippen LogP contribution < -0.4 is 5.32 Å². The van der Waals surface area contributed by atoms with E-state index in [0.29, 0.717) is 18.3 Å². The Labute approximate surface area is 111 Å². The fraction of sp³-hybridized carbons (Fsp3) is 0.462. The molecule has 102 valence electrons. The minimum atomic E-state index is -1.06. The first-order valence-corrected chi connectivity index (χ1v) is 6.37. The van der Waals surface area contributed by atoms with Crippen LogP contribution in [0.4, 0.5) is 10.5 Å². The number of urea groups is 1. The van der Waals surface area contributed by atoms with Crippen LogP contribution in [0, 0.1) is 0 Å². The number of anilines is 1. The molecule has 1 aromatic heterocycles. The molecule has 19 heavy (non-hydrogen) atoms. The summed E-state index contributed by atoms with van der Waals surface area (Å²) < 4.78 is 0. The first-order valence-electron chi connectivity index (χ1n) is 6.37. The Balaban J connectivity index is 2.04. The lowest BCUT2D eigenvalue weighted by Gasteiger charge is -2.22. The van der Waals surface area contributed by atoms with Crippen molar-refractivity contribution in [2.24, 2.45) is 0 Å². The van der Waals surface area contributed by atoms with E-state index in [9.17, 15) is 9.59 Å². The molecule has 2 rings (SSSR count). The van der Waals surface area contributed by atoms with E-state index in [0.717, 1.165) is 19.3 Å². The summed E-state index contributed by atoms with van der Waals surface area (Å²) in [6.07, 6.45) is 5.68. The summed E-state index contributed by atoms with van der Waals surface area (Å²) in [4.78, 5) is 28.5. The monoisotopic (exact) mass is 263 g/mol. The Morgan fingerprint density at radius 1 is 1.47 bits per heavy atom. The normalized spacial score (nSPS) is 13.9. The third kappa shape index (κ3) is 3.43. The van der Waals surface area contributed by atoms with E-state index in [1.54, 1.807) is 4.90 Å². The second-order valence-corrected chi connectivity index (χ2v) is 4.62. The number of aromatic nitrogens is 1.